The summed E-state index contributed by atoms with van der Waals surface area (Å²) in [6.45, 7) is 3.77. The van der Waals surface area contributed by atoms with Gasteiger partial charge >= 0.3 is 0 Å². The molecule has 0 fully saturated rings. The van der Waals surface area contributed by atoms with E-state index in [0.717, 1.165) is 11.1 Å². The second-order valence-electron chi connectivity index (χ2n) is 3.15. The first-order valence-electron chi connectivity index (χ1n) is 4.41. The Hall–Kier alpha value is -1.54. The highest BCUT2D eigenvalue weighted by molar-refractivity contribution is 7.26. The van der Waals surface area contributed by atoms with Crippen molar-refractivity contribution >= 4 is 37.8 Å². The average molecular weight is 200 g/mol. The van der Waals surface area contributed by atoms with Crippen LogP contribution in [0.2, 0.25) is 0 Å². The first-order valence-corrected chi connectivity index (χ1v) is 5.23. The first-order chi connectivity index (χ1) is 6.90. The molecule has 0 saturated heterocycles. The van der Waals surface area contributed by atoms with E-state index in [1.54, 1.807) is 17.6 Å². The summed E-state index contributed by atoms with van der Waals surface area (Å²) >= 11 is 1.75. The van der Waals surface area contributed by atoms with Gasteiger partial charge in [-0.3, -0.25) is 0 Å². The lowest BCUT2D eigenvalue weighted by atomic mass is 10.2. The zero-order chi connectivity index (χ0) is 9.54. The van der Waals surface area contributed by atoms with Gasteiger partial charge in [-0.1, -0.05) is 24.8 Å². The zero-order valence-corrected chi connectivity index (χ0v) is 8.30. The second kappa shape index (κ2) is 2.72. The van der Waals surface area contributed by atoms with Gasteiger partial charge in [-0.2, -0.15) is 0 Å². The molecule has 1 aromatic carbocycles. The molecule has 0 aliphatic carbocycles. The molecule has 3 rings (SSSR count). The number of furan rings is 1. The topological polar surface area (TPSA) is 13.1 Å². The van der Waals surface area contributed by atoms with Crippen LogP contribution in [-0.2, 0) is 0 Å². The maximum absolute atomic E-state index is 5.53. The third-order valence-corrected chi connectivity index (χ3v) is 3.54. The molecule has 0 radical (unpaired) electrons. The summed E-state index contributed by atoms with van der Waals surface area (Å²) in [7, 11) is 0. The Balaban J connectivity index is 2.57. The highest BCUT2D eigenvalue weighted by Gasteiger charge is 2.10. The molecule has 2 aromatic heterocycles. The normalized spacial score (nSPS) is 11.1. The first kappa shape index (κ1) is 7.83. The molecular formula is C12H8OS. The molecule has 0 aliphatic heterocycles. The van der Waals surface area contributed by atoms with E-state index in [2.05, 4.69) is 18.7 Å². The Labute approximate surface area is 85.3 Å². The number of thiophene rings is 1. The molecule has 2 heterocycles. The van der Waals surface area contributed by atoms with E-state index >= 15 is 0 Å². The van der Waals surface area contributed by atoms with E-state index in [-0.39, 0.29) is 0 Å². The fraction of sp³-hybridized carbons (Fsp3) is 0. The molecule has 3 aromatic rings. The molecule has 68 valence electrons. The van der Waals surface area contributed by atoms with Gasteiger partial charge in [0.25, 0.3) is 0 Å². The molecular weight excluding hydrogens is 192 g/mol. The monoisotopic (exact) mass is 200 g/mol. The van der Waals surface area contributed by atoms with Crippen molar-refractivity contribution in [2.75, 3.05) is 0 Å². The van der Waals surface area contributed by atoms with Crippen LogP contribution in [-0.4, -0.2) is 0 Å². The minimum Gasteiger partial charge on any atom is -0.462 e. The summed E-state index contributed by atoms with van der Waals surface area (Å²) in [4.78, 5) is 0. The fourth-order valence-electron chi connectivity index (χ4n) is 1.65. The summed E-state index contributed by atoms with van der Waals surface area (Å²) in [6, 6.07) is 8.28. The van der Waals surface area contributed by atoms with Gasteiger partial charge in [-0.05, 0) is 12.1 Å². The van der Waals surface area contributed by atoms with E-state index < -0.39 is 0 Å². The predicted molar refractivity (Wildman–Crippen MR) is 61.7 cm³/mol. The van der Waals surface area contributed by atoms with Gasteiger partial charge in [-0.15, -0.1) is 11.3 Å². The van der Waals surface area contributed by atoms with Gasteiger partial charge in [0.15, 0.2) is 5.58 Å². The second-order valence-corrected chi connectivity index (χ2v) is 4.20. The lowest BCUT2D eigenvalue weighted by molar-refractivity contribution is 0.618. The van der Waals surface area contributed by atoms with E-state index in [0.29, 0.717) is 0 Å². The predicted octanol–water partition coefficient (Wildman–Crippen LogP) is 4.29. The average Bonchev–Trinajstić information content (AvgIpc) is 2.75. The Morgan fingerprint density at radius 3 is 3.00 bits per heavy atom. The smallest absolute Gasteiger partial charge is 0.153 e. The Bertz CT molecular complexity index is 615. The lowest BCUT2D eigenvalue weighted by Crippen LogP contribution is -1.59. The van der Waals surface area contributed by atoms with Crippen LogP contribution in [0, 0.1) is 0 Å². The van der Waals surface area contributed by atoms with Gasteiger partial charge in [0, 0.05) is 15.6 Å². The minimum atomic E-state index is 0.987. The van der Waals surface area contributed by atoms with E-state index in [1.165, 1.54) is 14.8 Å². The van der Waals surface area contributed by atoms with Gasteiger partial charge in [-0.25, -0.2) is 0 Å². The third kappa shape index (κ3) is 0.888. The summed E-state index contributed by atoms with van der Waals surface area (Å²) < 4.78 is 8.00. The van der Waals surface area contributed by atoms with Gasteiger partial charge in [0.1, 0.15) is 0 Å². The van der Waals surface area contributed by atoms with Crippen molar-refractivity contribution in [2.45, 2.75) is 0 Å². The van der Waals surface area contributed by atoms with Crippen molar-refractivity contribution in [3.8, 4) is 0 Å². The standard InChI is InChI=1S/C12H8OS/c1-2-8-7-13-11-9-5-3-4-6-10(9)14-12(8)11/h2-7H,1H2. The van der Waals surface area contributed by atoms with E-state index in [4.69, 9.17) is 4.42 Å². The number of hydrogen-bond acceptors (Lipinski definition) is 2. The van der Waals surface area contributed by atoms with Crippen LogP contribution in [0.1, 0.15) is 5.56 Å². The SMILES string of the molecule is C=Cc1coc2c1sc1ccccc12. The molecule has 0 saturated carbocycles. The molecule has 0 spiro atoms. The highest BCUT2D eigenvalue weighted by Crippen LogP contribution is 2.37. The molecule has 0 N–H and O–H groups in total. The van der Waals surface area contributed by atoms with Crippen LogP contribution in [0.5, 0.6) is 0 Å². The molecule has 2 heteroatoms. The molecule has 1 nitrogen and oxygen atoms in total. The molecule has 14 heavy (non-hydrogen) atoms. The van der Waals surface area contributed by atoms with Gasteiger partial charge in [0.05, 0.1) is 11.0 Å². The van der Waals surface area contributed by atoms with Gasteiger partial charge < -0.3 is 4.42 Å². The number of benzene rings is 1. The number of hydrogen-bond donors (Lipinski definition) is 0. The number of fused-ring (bicyclic) bond motifs is 3. The summed E-state index contributed by atoms with van der Waals surface area (Å²) in [6.07, 6.45) is 3.60. The quantitative estimate of drug-likeness (QED) is 0.571. The van der Waals surface area contributed by atoms with Gasteiger partial charge in [0.2, 0.25) is 0 Å². The van der Waals surface area contributed by atoms with Crippen LogP contribution in [0.15, 0.2) is 41.5 Å². The van der Waals surface area contributed by atoms with Crippen LogP contribution >= 0.6 is 11.3 Å². The molecule has 0 amide bonds. The van der Waals surface area contributed by atoms with Crippen molar-refractivity contribution < 1.29 is 4.42 Å². The molecule has 0 unspecified atom stereocenters. The lowest BCUT2D eigenvalue weighted by Gasteiger charge is -1.84. The highest BCUT2D eigenvalue weighted by atomic mass is 32.1. The Morgan fingerprint density at radius 2 is 2.14 bits per heavy atom. The third-order valence-electron chi connectivity index (χ3n) is 2.34. The molecule has 0 bridgehead atoms. The molecule has 0 atom stereocenters. The van der Waals surface area contributed by atoms with Crippen LogP contribution in [0.3, 0.4) is 0 Å². The maximum Gasteiger partial charge on any atom is 0.153 e. The number of rotatable bonds is 1. The van der Waals surface area contributed by atoms with Crippen molar-refractivity contribution in [1.29, 1.82) is 0 Å². The largest absolute Gasteiger partial charge is 0.462 e. The summed E-state index contributed by atoms with van der Waals surface area (Å²) in [5, 5.41) is 1.20. The van der Waals surface area contributed by atoms with Crippen LogP contribution in [0.25, 0.3) is 26.4 Å². The molecule has 0 aliphatic rings. The fourth-order valence-corrected chi connectivity index (χ4v) is 2.78. The maximum atomic E-state index is 5.53. The van der Waals surface area contributed by atoms with Crippen molar-refractivity contribution in [2.24, 2.45) is 0 Å². The van der Waals surface area contributed by atoms with Crippen molar-refractivity contribution in [3.05, 3.63) is 42.7 Å². The van der Waals surface area contributed by atoms with Crippen molar-refractivity contribution in [3.63, 3.8) is 0 Å². The van der Waals surface area contributed by atoms with E-state index in [9.17, 15) is 0 Å². The Kier molecular flexibility index (Phi) is 1.52. The summed E-state index contributed by atoms with van der Waals surface area (Å²) in [5.74, 6) is 0. The van der Waals surface area contributed by atoms with Crippen LogP contribution < -0.4 is 0 Å². The zero-order valence-electron chi connectivity index (χ0n) is 7.49. The van der Waals surface area contributed by atoms with E-state index in [1.807, 2.05) is 18.2 Å². The van der Waals surface area contributed by atoms with Crippen LogP contribution in [0.4, 0.5) is 0 Å². The van der Waals surface area contributed by atoms with Crippen molar-refractivity contribution in [1.82, 2.24) is 0 Å². The minimum absolute atomic E-state index is 0.987. The Morgan fingerprint density at radius 1 is 1.29 bits per heavy atom. The summed E-state index contributed by atoms with van der Waals surface area (Å²) in [5.41, 5.74) is 2.07.